The van der Waals surface area contributed by atoms with E-state index in [1.165, 1.54) is 22.4 Å². The van der Waals surface area contributed by atoms with Gasteiger partial charge >= 0.3 is 0 Å². The molecule has 0 radical (unpaired) electrons. The standard InChI is InChI=1S/C14H14ClN3O2S/c1-9-7-13(20)18(14(16-9)21-2)8-12(19)17-11-6-4-3-5-10(11)15/h3-7H,8H2,1-2H3,(H,17,19). The Bertz CT molecular complexity index is 730. The van der Waals surface area contributed by atoms with Crippen LogP contribution in [0.1, 0.15) is 5.69 Å². The van der Waals surface area contributed by atoms with E-state index >= 15 is 0 Å². The van der Waals surface area contributed by atoms with Crippen molar-refractivity contribution < 1.29 is 4.79 Å². The molecule has 0 aliphatic heterocycles. The number of hydrogen-bond acceptors (Lipinski definition) is 4. The van der Waals surface area contributed by atoms with E-state index in [-0.39, 0.29) is 18.0 Å². The molecule has 0 spiro atoms. The number of aryl methyl sites for hydroxylation is 1. The summed E-state index contributed by atoms with van der Waals surface area (Å²) in [7, 11) is 0. The first kappa shape index (κ1) is 15.6. The van der Waals surface area contributed by atoms with Crippen LogP contribution in [0.3, 0.4) is 0 Å². The van der Waals surface area contributed by atoms with E-state index < -0.39 is 0 Å². The van der Waals surface area contributed by atoms with Gasteiger partial charge in [-0.1, -0.05) is 35.5 Å². The van der Waals surface area contributed by atoms with Gasteiger partial charge in [0.25, 0.3) is 5.56 Å². The molecule has 1 heterocycles. The summed E-state index contributed by atoms with van der Waals surface area (Å²) in [6.45, 7) is 1.64. The number of carbonyl (C=O) groups excluding carboxylic acids is 1. The second-order valence-corrected chi connectivity index (χ2v) is 5.52. The lowest BCUT2D eigenvalue weighted by molar-refractivity contribution is -0.116. The van der Waals surface area contributed by atoms with Crippen molar-refractivity contribution in [3.63, 3.8) is 0 Å². The van der Waals surface area contributed by atoms with Gasteiger partial charge in [-0.05, 0) is 25.3 Å². The second-order valence-electron chi connectivity index (χ2n) is 4.34. The highest BCUT2D eigenvalue weighted by molar-refractivity contribution is 7.98. The van der Waals surface area contributed by atoms with Crippen molar-refractivity contribution in [1.82, 2.24) is 9.55 Å². The molecule has 2 aromatic rings. The van der Waals surface area contributed by atoms with Gasteiger partial charge in [0, 0.05) is 11.8 Å². The largest absolute Gasteiger partial charge is 0.323 e. The Balaban J connectivity index is 2.21. The zero-order chi connectivity index (χ0) is 15.4. The third kappa shape index (κ3) is 3.86. The Morgan fingerprint density at radius 2 is 2.14 bits per heavy atom. The Hall–Kier alpha value is -1.79. The molecule has 1 aromatic heterocycles. The van der Waals surface area contributed by atoms with E-state index in [0.29, 0.717) is 21.6 Å². The number of rotatable bonds is 4. The van der Waals surface area contributed by atoms with Gasteiger partial charge < -0.3 is 5.32 Å². The highest BCUT2D eigenvalue weighted by Gasteiger charge is 2.11. The molecule has 5 nitrogen and oxygen atoms in total. The highest BCUT2D eigenvalue weighted by Crippen LogP contribution is 2.20. The van der Waals surface area contributed by atoms with Gasteiger partial charge in [0.2, 0.25) is 5.91 Å². The zero-order valence-corrected chi connectivity index (χ0v) is 13.2. The predicted octanol–water partition coefficient (Wildman–Crippen LogP) is 2.57. The Morgan fingerprint density at radius 3 is 2.81 bits per heavy atom. The monoisotopic (exact) mass is 323 g/mol. The number of amides is 1. The van der Waals surface area contributed by atoms with Crippen molar-refractivity contribution in [3.8, 4) is 0 Å². The molecule has 1 aromatic carbocycles. The fourth-order valence-corrected chi connectivity index (χ4v) is 2.58. The number of hydrogen-bond donors (Lipinski definition) is 1. The predicted molar refractivity (Wildman–Crippen MR) is 85.1 cm³/mol. The molecule has 21 heavy (non-hydrogen) atoms. The lowest BCUT2D eigenvalue weighted by atomic mass is 10.3. The van der Waals surface area contributed by atoms with Gasteiger partial charge in [0.15, 0.2) is 5.16 Å². The number of anilines is 1. The molecular weight excluding hydrogens is 310 g/mol. The summed E-state index contributed by atoms with van der Waals surface area (Å²) in [6.07, 6.45) is 1.81. The van der Waals surface area contributed by atoms with Crippen molar-refractivity contribution in [2.24, 2.45) is 0 Å². The van der Waals surface area contributed by atoms with Gasteiger partial charge in [-0.2, -0.15) is 0 Å². The minimum Gasteiger partial charge on any atom is -0.323 e. The summed E-state index contributed by atoms with van der Waals surface area (Å²) in [5, 5.41) is 3.64. The number of para-hydroxylation sites is 1. The Kier molecular flexibility index (Phi) is 5.03. The van der Waals surface area contributed by atoms with Gasteiger partial charge in [-0.25, -0.2) is 4.98 Å². The molecule has 0 saturated heterocycles. The summed E-state index contributed by atoms with van der Waals surface area (Å²) >= 11 is 7.30. The topological polar surface area (TPSA) is 64.0 Å². The fraction of sp³-hybridized carbons (Fsp3) is 0.214. The first-order valence-electron chi connectivity index (χ1n) is 6.18. The average molecular weight is 324 g/mol. The number of benzene rings is 1. The molecule has 0 aliphatic rings. The normalized spacial score (nSPS) is 10.4. The van der Waals surface area contributed by atoms with Crippen molar-refractivity contribution in [1.29, 1.82) is 0 Å². The minimum atomic E-state index is -0.328. The maximum Gasteiger partial charge on any atom is 0.254 e. The Morgan fingerprint density at radius 1 is 1.43 bits per heavy atom. The van der Waals surface area contributed by atoms with E-state index in [2.05, 4.69) is 10.3 Å². The number of aromatic nitrogens is 2. The quantitative estimate of drug-likeness (QED) is 0.694. The van der Waals surface area contributed by atoms with Crippen molar-refractivity contribution in [2.45, 2.75) is 18.6 Å². The third-order valence-corrected chi connectivity index (χ3v) is 3.74. The molecule has 0 aliphatic carbocycles. The van der Waals surface area contributed by atoms with Gasteiger partial charge in [0.05, 0.1) is 10.7 Å². The van der Waals surface area contributed by atoms with Crippen LogP contribution < -0.4 is 10.9 Å². The minimum absolute atomic E-state index is 0.104. The summed E-state index contributed by atoms with van der Waals surface area (Å²) in [5.74, 6) is -0.328. The molecule has 0 unspecified atom stereocenters. The lowest BCUT2D eigenvalue weighted by Crippen LogP contribution is -2.29. The third-order valence-electron chi connectivity index (χ3n) is 2.73. The van der Waals surface area contributed by atoms with Crippen LogP contribution in [0.15, 0.2) is 40.3 Å². The SMILES string of the molecule is CSc1nc(C)cc(=O)n1CC(=O)Nc1ccccc1Cl. The van der Waals surface area contributed by atoms with Crippen LogP contribution in [0.25, 0.3) is 0 Å². The van der Waals surface area contributed by atoms with Gasteiger partial charge in [-0.15, -0.1) is 0 Å². The molecule has 2 rings (SSSR count). The number of halogens is 1. The van der Waals surface area contributed by atoms with E-state index in [9.17, 15) is 9.59 Å². The van der Waals surface area contributed by atoms with E-state index in [0.717, 1.165) is 0 Å². The smallest absolute Gasteiger partial charge is 0.254 e. The molecule has 0 bridgehead atoms. The van der Waals surface area contributed by atoms with Crippen LogP contribution in [0, 0.1) is 6.92 Å². The molecule has 110 valence electrons. The van der Waals surface area contributed by atoms with Gasteiger partial charge in [-0.3, -0.25) is 14.2 Å². The maximum absolute atomic E-state index is 12.1. The van der Waals surface area contributed by atoms with Crippen molar-refractivity contribution in [3.05, 3.63) is 51.4 Å². The average Bonchev–Trinajstić information content (AvgIpc) is 2.44. The molecule has 7 heteroatoms. The van der Waals surface area contributed by atoms with Crippen LogP contribution in [0.5, 0.6) is 0 Å². The molecule has 0 fully saturated rings. The summed E-state index contributed by atoms with van der Waals surface area (Å²) in [4.78, 5) is 28.3. The molecule has 1 amide bonds. The Labute approximate surface area is 131 Å². The van der Waals surface area contributed by atoms with Gasteiger partial charge in [0.1, 0.15) is 6.54 Å². The van der Waals surface area contributed by atoms with Crippen LogP contribution in [0.4, 0.5) is 5.69 Å². The lowest BCUT2D eigenvalue weighted by Gasteiger charge is -2.11. The number of carbonyl (C=O) groups is 1. The van der Waals surface area contributed by atoms with E-state index in [1.807, 2.05) is 6.26 Å². The van der Waals surface area contributed by atoms with Crippen LogP contribution >= 0.6 is 23.4 Å². The number of thioether (sulfide) groups is 1. The molecular formula is C14H14ClN3O2S. The summed E-state index contributed by atoms with van der Waals surface area (Å²) in [6, 6.07) is 8.34. The second kappa shape index (κ2) is 6.78. The first-order chi connectivity index (χ1) is 10.0. The highest BCUT2D eigenvalue weighted by atomic mass is 35.5. The van der Waals surface area contributed by atoms with E-state index in [4.69, 9.17) is 11.6 Å². The van der Waals surface area contributed by atoms with Crippen LogP contribution in [-0.4, -0.2) is 21.7 Å². The zero-order valence-electron chi connectivity index (χ0n) is 11.6. The number of nitrogens with one attached hydrogen (secondary N) is 1. The first-order valence-corrected chi connectivity index (χ1v) is 7.78. The van der Waals surface area contributed by atoms with Crippen LogP contribution in [0.2, 0.25) is 5.02 Å². The molecule has 0 saturated carbocycles. The summed E-state index contributed by atoms with van der Waals surface area (Å²) in [5.41, 5.74) is 0.899. The van der Waals surface area contributed by atoms with Crippen LogP contribution in [-0.2, 0) is 11.3 Å². The summed E-state index contributed by atoms with van der Waals surface area (Å²) < 4.78 is 1.34. The van der Waals surface area contributed by atoms with E-state index in [1.54, 1.807) is 31.2 Å². The number of nitrogens with zero attached hydrogens (tertiary/aromatic N) is 2. The van der Waals surface area contributed by atoms with Crippen molar-refractivity contribution >= 4 is 35.0 Å². The fourth-order valence-electron chi connectivity index (χ4n) is 1.79. The molecule has 1 N–H and O–H groups in total. The van der Waals surface area contributed by atoms with Crippen molar-refractivity contribution in [2.75, 3.05) is 11.6 Å². The maximum atomic E-state index is 12.1. The molecule has 0 atom stereocenters.